The second-order valence-corrected chi connectivity index (χ2v) is 5.31. The Morgan fingerprint density at radius 3 is 3.07 bits per heavy atom. The number of thiophene rings is 1. The lowest BCUT2D eigenvalue weighted by molar-refractivity contribution is 0.585. The third kappa shape index (κ3) is 2.28. The highest BCUT2D eigenvalue weighted by molar-refractivity contribution is 7.16. The maximum atomic E-state index is 3.51. The van der Waals surface area contributed by atoms with Crippen LogP contribution in [-0.4, -0.2) is 25.7 Å². The zero-order chi connectivity index (χ0) is 9.97. The van der Waals surface area contributed by atoms with E-state index in [4.69, 9.17) is 0 Å². The molecule has 1 N–H and O–H groups in total. The first-order valence-corrected chi connectivity index (χ1v) is 6.12. The molecule has 78 valence electrons. The van der Waals surface area contributed by atoms with Crippen molar-refractivity contribution in [1.29, 1.82) is 0 Å². The largest absolute Gasteiger partial charge is 0.362 e. The summed E-state index contributed by atoms with van der Waals surface area (Å²) in [6.45, 7) is 7.92. The molecule has 2 nitrogen and oxygen atoms in total. The molecule has 1 aromatic rings. The average Bonchev–Trinajstić information content (AvgIpc) is 2.45. The van der Waals surface area contributed by atoms with Gasteiger partial charge in [-0.1, -0.05) is 0 Å². The molecule has 0 saturated carbocycles. The van der Waals surface area contributed by atoms with Crippen molar-refractivity contribution in [2.45, 2.75) is 26.3 Å². The molecule has 1 aromatic heterocycles. The highest BCUT2D eigenvalue weighted by Crippen LogP contribution is 2.26. The molecule has 1 aliphatic heterocycles. The first-order valence-electron chi connectivity index (χ1n) is 5.30. The Morgan fingerprint density at radius 2 is 2.36 bits per heavy atom. The lowest BCUT2D eigenvalue weighted by Crippen LogP contribution is -2.34. The molecule has 0 aromatic carbocycles. The van der Waals surface area contributed by atoms with E-state index in [2.05, 4.69) is 36.2 Å². The zero-order valence-corrected chi connectivity index (χ0v) is 9.73. The van der Waals surface area contributed by atoms with Gasteiger partial charge in [-0.2, -0.15) is 0 Å². The summed E-state index contributed by atoms with van der Waals surface area (Å²) in [5.41, 5.74) is 0. The molecule has 1 atom stereocenters. The predicted octanol–water partition coefficient (Wildman–Crippen LogP) is 2.24. The van der Waals surface area contributed by atoms with E-state index in [0.29, 0.717) is 6.04 Å². The molecule has 0 bridgehead atoms. The van der Waals surface area contributed by atoms with Gasteiger partial charge in [0.05, 0.1) is 5.00 Å². The molecule has 1 saturated heterocycles. The summed E-state index contributed by atoms with van der Waals surface area (Å²) in [5.74, 6) is 0. The molecular formula is C11H18N2S. The van der Waals surface area contributed by atoms with Crippen molar-refractivity contribution in [3.05, 3.63) is 17.0 Å². The molecule has 0 radical (unpaired) electrons. The summed E-state index contributed by atoms with van der Waals surface area (Å²) in [6.07, 6.45) is 1.25. The molecule has 1 aliphatic rings. The maximum absolute atomic E-state index is 3.51. The van der Waals surface area contributed by atoms with Crippen molar-refractivity contribution < 1.29 is 0 Å². The van der Waals surface area contributed by atoms with E-state index < -0.39 is 0 Å². The van der Waals surface area contributed by atoms with Gasteiger partial charge in [0.25, 0.3) is 0 Å². The monoisotopic (exact) mass is 210 g/mol. The van der Waals surface area contributed by atoms with Gasteiger partial charge in [-0.3, -0.25) is 0 Å². The Bertz CT molecular complexity index is 295. The number of nitrogens with zero attached hydrogens (tertiary/aromatic N) is 1. The Morgan fingerprint density at radius 1 is 1.50 bits per heavy atom. The van der Waals surface area contributed by atoms with E-state index in [9.17, 15) is 0 Å². The van der Waals surface area contributed by atoms with Crippen LogP contribution in [0.15, 0.2) is 12.1 Å². The molecule has 2 heterocycles. The Hall–Kier alpha value is -0.540. The lowest BCUT2D eigenvalue weighted by Gasteiger charge is -2.22. The summed E-state index contributed by atoms with van der Waals surface area (Å²) >= 11 is 1.90. The van der Waals surface area contributed by atoms with Gasteiger partial charge in [0.1, 0.15) is 0 Å². The number of anilines is 1. The quantitative estimate of drug-likeness (QED) is 0.765. The molecule has 3 heteroatoms. The van der Waals surface area contributed by atoms with Crippen LogP contribution in [0.4, 0.5) is 5.00 Å². The van der Waals surface area contributed by atoms with Crippen LogP contribution in [0, 0.1) is 6.92 Å². The van der Waals surface area contributed by atoms with Gasteiger partial charge in [0.15, 0.2) is 0 Å². The summed E-state index contributed by atoms with van der Waals surface area (Å²) in [4.78, 5) is 3.91. The fourth-order valence-electron chi connectivity index (χ4n) is 1.90. The Balaban J connectivity index is 2.08. The highest BCUT2D eigenvalue weighted by Gasteiger charge is 2.15. The topological polar surface area (TPSA) is 15.3 Å². The van der Waals surface area contributed by atoms with Crippen molar-refractivity contribution in [3.63, 3.8) is 0 Å². The lowest BCUT2D eigenvalue weighted by atomic mass is 10.3. The van der Waals surface area contributed by atoms with Crippen molar-refractivity contribution in [2.24, 2.45) is 0 Å². The van der Waals surface area contributed by atoms with Crippen LogP contribution < -0.4 is 10.2 Å². The minimum atomic E-state index is 0.611. The van der Waals surface area contributed by atoms with Crippen LogP contribution >= 0.6 is 11.3 Å². The first kappa shape index (κ1) is 9.99. The first-order chi connectivity index (χ1) is 6.75. The van der Waals surface area contributed by atoms with Crippen LogP contribution in [0.2, 0.25) is 0 Å². The molecule has 0 spiro atoms. The van der Waals surface area contributed by atoms with Crippen LogP contribution in [0.25, 0.3) is 0 Å². The molecule has 0 amide bonds. The normalized spacial score (nSPS) is 23.6. The number of rotatable bonds is 1. The standard InChI is InChI=1S/C11H18N2S/c1-9-8-13(7-3-6-12-9)11-5-4-10(2)14-11/h4-5,9,12H,3,6-8H2,1-2H3. The van der Waals surface area contributed by atoms with Crippen molar-refractivity contribution in [2.75, 3.05) is 24.5 Å². The van der Waals surface area contributed by atoms with Gasteiger partial charge >= 0.3 is 0 Å². The van der Waals surface area contributed by atoms with Crippen molar-refractivity contribution in [1.82, 2.24) is 5.32 Å². The third-order valence-electron chi connectivity index (χ3n) is 2.63. The van der Waals surface area contributed by atoms with Crippen LogP contribution in [-0.2, 0) is 0 Å². The molecule has 2 rings (SSSR count). The second-order valence-electron chi connectivity index (χ2n) is 4.04. The molecule has 1 unspecified atom stereocenters. The van der Waals surface area contributed by atoms with Crippen LogP contribution in [0.1, 0.15) is 18.2 Å². The van der Waals surface area contributed by atoms with E-state index >= 15 is 0 Å². The number of aryl methyl sites for hydroxylation is 1. The van der Waals surface area contributed by atoms with Gasteiger partial charge < -0.3 is 10.2 Å². The fourth-order valence-corrected chi connectivity index (χ4v) is 2.79. The Labute approximate surface area is 89.9 Å². The van der Waals surface area contributed by atoms with Gasteiger partial charge in [0.2, 0.25) is 0 Å². The molecule has 0 aliphatic carbocycles. The summed E-state index contributed by atoms with van der Waals surface area (Å²) in [7, 11) is 0. The molecule has 1 fully saturated rings. The van der Waals surface area contributed by atoms with Crippen molar-refractivity contribution in [3.8, 4) is 0 Å². The molecular weight excluding hydrogens is 192 g/mol. The van der Waals surface area contributed by atoms with E-state index in [0.717, 1.165) is 13.1 Å². The van der Waals surface area contributed by atoms with Crippen molar-refractivity contribution >= 4 is 16.3 Å². The van der Waals surface area contributed by atoms with E-state index in [1.54, 1.807) is 0 Å². The number of hydrogen-bond donors (Lipinski definition) is 1. The Kier molecular flexibility index (Phi) is 3.08. The van der Waals surface area contributed by atoms with E-state index in [1.807, 2.05) is 11.3 Å². The SMILES string of the molecule is Cc1ccc(N2CCCNC(C)C2)s1. The van der Waals surface area contributed by atoms with Crippen LogP contribution in [0.5, 0.6) is 0 Å². The molecule has 14 heavy (non-hydrogen) atoms. The number of nitrogens with one attached hydrogen (secondary N) is 1. The van der Waals surface area contributed by atoms with Gasteiger partial charge in [-0.25, -0.2) is 0 Å². The van der Waals surface area contributed by atoms with E-state index in [1.165, 1.54) is 22.8 Å². The predicted molar refractivity (Wildman–Crippen MR) is 63.4 cm³/mol. The smallest absolute Gasteiger partial charge is 0.0911 e. The zero-order valence-electron chi connectivity index (χ0n) is 8.92. The number of hydrogen-bond acceptors (Lipinski definition) is 3. The minimum absolute atomic E-state index is 0.611. The summed E-state index contributed by atoms with van der Waals surface area (Å²) in [5, 5.41) is 4.94. The highest BCUT2D eigenvalue weighted by atomic mass is 32.1. The second kappa shape index (κ2) is 4.32. The third-order valence-corrected chi connectivity index (χ3v) is 3.69. The van der Waals surface area contributed by atoms with Gasteiger partial charge in [-0.05, 0) is 38.9 Å². The van der Waals surface area contributed by atoms with Crippen LogP contribution in [0.3, 0.4) is 0 Å². The summed E-state index contributed by atoms with van der Waals surface area (Å²) in [6, 6.07) is 5.07. The fraction of sp³-hybridized carbons (Fsp3) is 0.636. The van der Waals surface area contributed by atoms with Gasteiger partial charge in [-0.15, -0.1) is 11.3 Å². The minimum Gasteiger partial charge on any atom is -0.362 e. The average molecular weight is 210 g/mol. The maximum Gasteiger partial charge on any atom is 0.0911 e. The van der Waals surface area contributed by atoms with E-state index in [-0.39, 0.29) is 0 Å². The summed E-state index contributed by atoms with van der Waals surface area (Å²) < 4.78 is 0. The van der Waals surface area contributed by atoms with Gasteiger partial charge in [0, 0.05) is 24.0 Å².